The predicted molar refractivity (Wildman–Crippen MR) is 66.2 cm³/mol. The lowest BCUT2D eigenvalue weighted by Crippen LogP contribution is -2.37. The van der Waals surface area contributed by atoms with Gasteiger partial charge in [0.25, 0.3) is 0 Å². The molecular formula is C12H18ClFN2. The quantitative estimate of drug-likeness (QED) is 0.835. The van der Waals surface area contributed by atoms with Crippen LogP contribution in [0.1, 0.15) is 19.4 Å². The second kappa shape index (κ2) is 6.18. The molecule has 1 rings (SSSR count). The molecule has 1 aromatic carbocycles. The Morgan fingerprint density at radius 3 is 2.69 bits per heavy atom. The second-order valence-corrected chi connectivity index (χ2v) is 4.60. The highest BCUT2D eigenvalue weighted by molar-refractivity contribution is 6.31. The first-order valence-electron chi connectivity index (χ1n) is 5.42. The zero-order chi connectivity index (χ0) is 12.1. The summed E-state index contributed by atoms with van der Waals surface area (Å²) in [4.78, 5) is 0. The average molecular weight is 245 g/mol. The zero-order valence-electron chi connectivity index (χ0n) is 9.63. The SMILES string of the molecule is CC(N)CNC(C)Cc1c(F)cccc1Cl. The van der Waals surface area contributed by atoms with E-state index < -0.39 is 0 Å². The van der Waals surface area contributed by atoms with E-state index in [9.17, 15) is 4.39 Å². The minimum atomic E-state index is -0.248. The molecule has 16 heavy (non-hydrogen) atoms. The molecule has 0 aliphatic rings. The van der Waals surface area contributed by atoms with Crippen molar-refractivity contribution in [1.29, 1.82) is 0 Å². The predicted octanol–water partition coefficient (Wildman–Crippen LogP) is 2.35. The van der Waals surface area contributed by atoms with Gasteiger partial charge in [0.1, 0.15) is 5.82 Å². The van der Waals surface area contributed by atoms with E-state index in [4.69, 9.17) is 17.3 Å². The van der Waals surface area contributed by atoms with E-state index in [0.29, 0.717) is 23.6 Å². The molecule has 0 saturated heterocycles. The second-order valence-electron chi connectivity index (χ2n) is 4.19. The number of hydrogen-bond donors (Lipinski definition) is 2. The fourth-order valence-electron chi connectivity index (χ4n) is 1.49. The van der Waals surface area contributed by atoms with E-state index in [1.807, 2.05) is 13.8 Å². The summed E-state index contributed by atoms with van der Waals surface area (Å²) in [7, 11) is 0. The van der Waals surface area contributed by atoms with Gasteiger partial charge in [-0.3, -0.25) is 0 Å². The molecule has 0 aliphatic heterocycles. The standard InChI is InChI=1S/C12H18ClFN2/c1-8(15)7-16-9(2)6-10-11(13)4-3-5-12(10)14/h3-5,8-9,16H,6-7,15H2,1-2H3. The Bertz CT molecular complexity index is 322. The third-order valence-electron chi connectivity index (χ3n) is 2.36. The third-order valence-corrected chi connectivity index (χ3v) is 2.71. The molecule has 4 heteroatoms. The van der Waals surface area contributed by atoms with E-state index in [1.165, 1.54) is 6.07 Å². The monoisotopic (exact) mass is 244 g/mol. The smallest absolute Gasteiger partial charge is 0.127 e. The van der Waals surface area contributed by atoms with Gasteiger partial charge < -0.3 is 11.1 Å². The lowest BCUT2D eigenvalue weighted by Gasteiger charge is -2.16. The zero-order valence-corrected chi connectivity index (χ0v) is 10.4. The van der Waals surface area contributed by atoms with Gasteiger partial charge in [-0.2, -0.15) is 0 Å². The largest absolute Gasteiger partial charge is 0.327 e. The molecule has 1 aromatic rings. The van der Waals surface area contributed by atoms with E-state index in [-0.39, 0.29) is 17.9 Å². The van der Waals surface area contributed by atoms with E-state index in [1.54, 1.807) is 12.1 Å². The van der Waals surface area contributed by atoms with Gasteiger partial charge in [-0.25, -0.2) is 4.39 Å². The Hall–Kier alpha value is -0.640. The highest BCUT2D eigenvalue weighted by Crippen LogP contribution is 2.20. The van der Waals surface area contributed by atoms with Crippen LogP contribution in [0.15, 0.2) is 18.2 Å². The molecule has 0 amide bonds. The molecule has 0 aliphatic carbocycles. The Labute approximate surface area is 101 Å². The van der Waals surface area contributed by atoms with Crippen LogP contribution in [0, 0.1) is 5.82 Å². The van der Waals surface area contributed by atoms with Gasteiger partial charge in [-0.05, 0) is 32.4 Å². The summed E-state index contributed by atoms with van der Waals surface area (Å²) < 4.78 is 13.5. The highest BCUT2D eigenvalue weighted by atomic mass is 35.5. The number of nitrogens with one attached hydrogen (secondary N) is 1. The first-order valence-corrected chi connectivity index (χ1v) is 5.80. The maximum Gasteiger partial charge on any atom is 0.127 e. The Balaban J connectivity index is 2.59. The molecule has 0 heterocycles. The van der Waals surface area contributed by atoms with Crippen LogP contribution in [0.25, 0.3) is 0 Å². The fourth-order valence-corrected chi connectivity index (χ4v) is 1.73. The van der Waals surface area contributed by atoms with Crippen LogP contribution in [0.4, 0.5) is 4.39 Å². The molecular weight excluding hydrogens is 227 g/mol. The van der Waals surface area contributed by atoms with Crippen LogP contribution in [0.2, 0.25) is 5.02 Å². The number of hydrogen-bond acceptors (Lipinski definition) is 2. The summed E-state index contributed by atoms with van der Waals surface area (Å²) in [5, 5.41) is 3.72. The molecule has 0 saturated carbocycles. The molecule has 0 bridgehead atoms. The summed E-state index contributed by atoms with van der Waals surface area (Å²) in [6, 6.07) is 5.00. The summed E-state index contributed by atoms with van der Waals surface area (Å²) in [6.45, 7) is 4.63. The third kappa shape index (κ3) is 4.08. The van der Waals surface area contributed by atoms with Gasteiger partial charge in [0.05, 0.1) is 0 Å². The molecule has 90 valence electrons. The lowest BCUT2D eigenvalue weighted by molar-refractivity contribution is 0.503. The number of benzene rings is 1. The van der Waals surface area contributed by atoms with Crippen molar-refractivity contribution >= 4 is 11.6 Å². The summed E-state index contributed by atoms with van der Waals surface area (Å²) in [6.07, 6.45) is 0.568. The maximum atomic E-state index is 13.5. The van der Waals surface area contributed by atoms with Crippen molar-refractivity contribution in [3.63, 3.8) is 0 Å². The Morgan fingerprint density at radius 2 is 2.12 bits per heavy atom. The summed E-state index contributed by atoms with van der Waals surface area (Å²) in [5.74, 6) is -0.248. The molecule has 0 fully saturated rings. The number of halogens is 2. The van der Waals surface area contributed by atoms with Crippen LogP contribution in [0.3, 0.4) is 0 Å². The van der Waals surface area contributed by atoms with Crippen LogP contribution in [-0.4, -0.2) is 18.6 Å². The van der Waals surface area contributed by atoms with E-state index in [2.05, 4.69) is 5.32 Å². The molecule has 2 unspecified atom stereocenters. The first kappa shape index (κ1) is 13.4. The molecule has 0 aromatic heterocycles. The molecule has 2 atom stereocenters. The van der Waals surface area contributed by atoms with Crippen molar-refractivity contribution in [2.75, 3.05) is 6.54 Å². The van der Waals surface area contributed by atoms with Crippen LogP contribution < -0.4 is 11.1 Å². The van der Waals surface area contributed by atoms with Crippen LogP contribution >= 0.6 is 11.6 Å². The van der Waals surface area contributed by atoms with E-state index >= 15 is 0 Å². The minimum Gasteiger partial charge on any atom is -0.327 e. The van der Waals surface area contributed by atoms with Crippen molar-refractivity contribution in [2.45, 2.75) is 32.4 Å². The molecule has 0 radical (unpaired) electrons. The molecule has 3 N–H and O–H groups in total. The van der Waals surface area contributed by atoms with Gasteiger partial charge in [-0.1, -0.05) is 17.7 Å². The highest BCUT2D eigenvalue weighted by Gasteiger charge is 2.11. The van der Waals surface area contributed by atoms with Crippen LogP contribution in [-0.2, 0) is 6.42 Å². The van der Waals surface area contributed by atoms with Crippen molar-refractivity contribution in [3.05, 3.63) is 34.6 Å². The molecule has 2 nitrogen and oxygen atoms in total. The first-order chi connectivity index (χ1) is 7.50. The number of nitrogens with two attached hydrogens (primary N) is 1. The Morgan fingerprint density at radius 1 is 1.44 bits per heavy atom. The van der Waals surface area contributed by atoms with Crippen LogP contribution in [0.5, 0.6) is 0 Å². The van der Waals surface area contributed by atoms with E-state index in [0.717, 1.165) is 0 Å². The van der Waals surface area contributed by atoms with Gasteiger partial charge in [0.15, 0.2) is 0 Å². The summed E-state index contributed by atoms with van der Waals surface area (Å²) in [5.41, 5.74) is 6.19. The van der Waals surface area contributed by atoms with Gasteiger partial charge in [0.2, 0.25) is 0 Å². The van der Waals surface area contributed by atoms with Gasteiger partial charge in [0, 0.05) is 29.2 Å². The molecule has 0 spiro atoms. The van der Waals surface area contributed by atoms with Gasteiger partial charge in [-0.15, -0.1) is 0 Å². The van der Waals surface area contributed by atoms with Crippen molar-refractivity contribution in [2.24, 2.45) is 5.73 Å². The minimum absolute atomic E-state index is 0.0959. The van der Waals surface area contributed by atoms with Crippen molar-refractivity contribution in [1.82, 2.24) is 5.32 Å². The topological polar surface area (TPSA) is 38.0 Å². The Kier molecular flexibility index (Phi) is 5.19. The van der Waals surface area contributed by atoms with Gasteiger partial charge >= 0.3 is 0 Å². The normalized spacial score (nSPS) is 14.8. The van der Waals surface area contributed by atoms with Crippen molar-refractivity contribution in [3.8, 4) is 0 Å². The fraction of sp³-hybridized carbons (Fsp3) is 0.500. The summed E-state index contributed by atoms with van der Waals surface area (Å²) >= 11 is 5.94. The average Bonchev–Trinajstić information content (AvgIpc) is 2.21. The lowest BCUT2D eigenvalue weighted by atomic mass is 10.1. The van der Waals surface area contributed by atoms with Crippen molar-refractivity contribution < 1.29 is 4.39 Å². The number of rotatable bonds is 5. The maximum absolute atomic E-state index is 13.5.